The maximum absolute atomic E-state index is 5.51. The number of hydrogen-bond acceptors (Lipinski definition) is 5. The molecule has 2 unspecified atom stereocenters. The third-order valence-electron chi connectivity index (χ3n) is 5.26. The van der Waals surface area contributed by atoms with E-state index in [4.69, 9.17) is 9.73 Å². The number of ether oxygens (including phenoxy) is 1. The summed E-state index contributed by atoms with van der Waals surface area (Å²) >= 11 is 0. The van der Waals surface area contributed by atoms with Gasteiger partial charge >= 0.3 is 0 Å². The Bertz CT molecular complexity index is 599. The number of aryl methyl sites for hydroxylation is 1. The minimum absolute atomic E-state index is 0. The number of nitrogens with zero attached hydrogens (tertiary/aromatic N) is 5. The number of aromatic nitrogens is 2. The van der Waals surface area contributed by atoms with Crippen molar-refractivity contribution in [1.82, 2.24) is 30.2 Å². The molecular weight excluding hydrogens is 481 g/mol. The lowest BCUT2D eigenvalue weighted by Gasteiger charge is -2.36. The van der Waals surface area contributed by atoms with E-state index in [1.165, 1.54) is 5.56 Å². The van der Waals surface area contributed by atoms with Crippen molar-refractivity contribution in [2.24, 2.45) is 18.0 Å². The summed E-state index contributed by atoms with van der Waals surface area (Å²) < 4.78 is 7.36. The van der Waals surface area contributed by atoms with E-state index in [0.29, 0.717) is 12.0 Å². The van der Waals surface area contributed by atoms with Gasteiger partial charge in [-0.2, -0.15) is 5.10 Å². The molecule has 0 aromatic carbocycles. The largest absolute Gasteiger partial charge is 0.379 e. The monoisotopic (exact) mass is 521 g/mol. The van der Waals surface area contributed by atoms with Gasteiger partial charge in [-0.3, -0.25) is 14.6 Å². The van der Waals surface area contributed by atoms with Gasteiger partial charge in [-0.15, -0.1) is 24.0 Å². The summed E-state index contributed by atoms with van der Waals surface area (Å²) in [5.74, 6) is 1.42. The second-order valence-electron chi connectivity index (χ2n) is 7.99. The maximum atomic E-state index is 5.51. The molecule has 2 heterocycles. The Balaban J connectivity index is 0.00000420. The van der Waals surface area contributed by atoms with Gasteiger partial charge in [0.25, 0.3) is 0 Å². The molecule has 1 aliphatic heterocycles. The first-order valence-electron chi connectivity index (χ1n) is 10.4. The highest BCUT2D eigenvalue weighted by atomic mass is 127. The molecule has 29 heavy (non-hydrogen) atoms. The third kappa shape index (κ3) is 8.39. The average Bonchev–Trinajstić information content (AvgIpc) is 3.08. The molecule has 1 aromatic rings. The summed E-state index contributed by atoms with van der Waals surface area (Å²) in [5.41, 5.74) is 1.20. The van der Waals surface area contributed by atoms with Crippen LogP contribution in [-0.2, 0) is 11.8 Å². The topological polar surface area (TPSA) is 70.0 Å². The lowest BCUT2D eigenvalue weighted by Crippen LogP contribution is -2.48. The van der Waals surface area contributed by atoms with Crippen LogP contribution in [-0.4, -0.2) is 91.6 Å². The predicted molar refractivity (Wildman–Crippen MR) is 130 cm³/mol. The molecule has 2 atom stereocenters. The van der Waals surface area contributed by atoms with Crippen LogP contribution in [0.25, 0.3) is 0 Å². The Hall–Kier alpha value is -0.910. The highest BCUT2D eigenvalue weighted by Crippen LogP contribution is 2.16. The van der Waals surface area contributed by atoms with Crippen molar-refractivity contribution in [2.75, 3.05) is 60.0 Å². The van der Waals surface area contributed by atoms with Crippen LogP contribution in [0.5, 0.6) is 0 Å². The van der Waals surface area contributed by atoms with E-state index in [-0.39, 0.29) is 30.0 Å². The molecule has 0 bridgehead atoms. The van der Waals surface area contributed by atoms with Gasteiger partial charge in [-0.1, -0.05) is 13.8 Å². The number of aliphatic imine (C=N–C) groups is 1. The highest BCUT2D eigenvalue weighted by molar-refractivity contribution is 14.0. The lowest BCUT2D eigenvalue weighted by molar-refractivity contribution is 0.00867. The molecule has 2 rings (SSSR count). The second-order valence-corrected chi connectivity index (χ2v) is 7.99. The predicted octanol–water partition coefficient (Wildman–Crippen LogP) is 1.55. The standard InChI is InChI=1S/C20H39N7O.HI/c1-7-21-20(22-13-18(16(2)3)27-8-10-28-11-9-27)23-14-19(25(4)5)17-12-24-26(6)15-17;/h12,15-16,18-19H,7-11,13-14H2,1-6H3,(H2,21,22,23);1H. The Morgan fingerprint density at radius 2 is 1.97 bits per heavy atom. The first-order chi connectivity index (χ1) is 13.4. The van der Waals surface area contributed by atoms with Crippen molar-refractivity contribution in [1.29, 1.82) is 0 Å². The lowest BCUT2D eigenvalue weighted by atomic mass is 10.0. The van der Waals surface area contributed by atoms with E-state index in [1.54, 1.807) is 0 Å². The van der Waals surface area contributed by atoms with Gasteiger partial charge in [0.2, 0.25) is 0 Å². The Labute approximate surface area is 193 Å². The summed E-state index contributed by atoms with van der Waals surface area (Å²) in [6.07, 6.45) is 4.01. The number of halogens is 1. The fraction of sp³-hybridized carbons (Fsp3) is 0.800. The molecule has 0 spiro atoms. The smallest absolute Gasteiger partial charge is 0.191 e. The van der Waals surface area contributed by atoms with E-state index >= 15 is 0 Å². The van der Waals surface area contributed by atoms with Crippen LogP contribution in [0.3, 0.4) is 0 Å². The molecular formula is C20H40IN7O. The van der Waals surface area contributed by atoms with Crippen molar-refractivity contribution in [3.63, 3.8) is 0 Å². The molecule has 1 saturated heterocycles. The molecule has 1 aliphatic rings. The number of likely N-dealkylation sites (N-methyl/N-ethyl adjacent to an activating group) is 1. The Kier molecular flexibility index (Phi) is 12.1. The van der Waals surface area contributed by atoms with E-state index in [0.717, 1.165) is 51.9 Å². The van der Waals surface area contributed by atoms with E-state index in [9.17, 15) is 0 Å². The van der Waals surface area contributed by atoms with E-state index in [2.05, 4.69) is 66.6 Å². The highest BCUT2D eigenvalue weighted by Gasteiger charge is 2.24. The molecule has 8 nitrogen and oxygen atoms in total. The van der Waals surface area contributed by atoms with Crippen molar-refractivity contribution >= 4 is 29.9 Å². The van der Waals surface area contributed by atoms with Gasteiger partial charge in [0, 0.05) is 51.0 Å². The molecule has 0 amide bonds. The summed E-state index contributed by atoms with van der Waals surface area (Å²) in [4.78, 5) is 9.63. The van der Waals surface area contributed by atoms with Crippen molar-refractivity contribution in [2.45, 2.75) is 32.9 Å². The van der Waals surface area contributed by atoms with Crippen molar-refractivity contribution in [3.8, 4) is 0 Å². The molecule has 0 saturated carbocycles. The fourth-order valence-corrected chi connectivity index (χ4v) is 3.59. The zero-order chi connectivity index (χ0) is 20.5. The van der Waals surface area contributed by atoms with Crippen molar-refractivity contribution in [3.05, 3.63) is 18.0 Å². The van der Waals surface area contributed by atoms with Gasteiger partial charge in [-0.25, -0.2) is 0 Å². The normalized spacial score (nSPS) is 17.9. The van der Waals surface area contributed by atoms with Crippen LogP contribution in [0.1, 0.15) is 32.4 Å². The summed E-state index contributed by atoms with van der Waals surface area (Å²) in [6.45, 7) is 12.7. The Morgan fingerprint density at radius 3 is 2.48 bits per heavy atom. The van der Waals surface area contributed by atoms with Crippen LogP contribution in [0.15, 0.2) is 17.4 Å². The molecule has 9 heteroatoms. The molecule has 2 N–H and O–H groups in total. The SMILES string of the molecule is CCNC(=NCC(C(C)C)N1CCOCC1)NCC(c1cnn(C)c1)N(C)C.I. The number of hydrogen-bond donors (Lipinski definition) is 2. The van der Waals surface area contributed by atoms with Crippen LogP contribution in [0.2, 0.25) is 0 Å². The van der Waals surface area contributed by atoms with Crippen LogP contribution < -0.4 is 10.6 Å². The average molecular weight is 521 g/mol. The van der Waals surface area contributed by atoms with E-state index < -0.39 is 0 Å². The molecule has 1 aromatic heterocycles. The summed E-state index contributed by atoms with van der Waals surface area (Å²) in [5, 5.41) is 11.2. The molecule has 0 aliphatic carbocycles. The Morgan fingerprint density at radius 1 is 1.28 bits per heavy atom. The summed E-state index contributed by atoms with van der Waals surface area (Å²) in [6, 6.07) is 0.667. The first kappa shape index (κ1) is 26.1. The van der Waals surface area contributed by atoms with Gasteiger partial charge in [0.05, 0.1) is 32.0 Å². The van der Waals surface area contributed by atoms with Gasteiger partial charge in [0.1, 0.15) is 0 Å². The zero-order valence-electron chi connectivity index (χ0n) is 18.9. The van der Waals surface area contributed by atoms with Gasteiger partial charge < -0.3 is 20.3 Å². The second kappa shape index (κ2) is 13.4. The first-order valence-corrected chi connectivity index (χ1v) is 10.4. The molecule has 168 valence electrons. The quantitative estimate of drug-likeness (QED) is 0.292. The van der Waals surface area contributed by atoms with Gasteiger partial charge in [0.15, 0.2) is 5.96 Å². The number of nitrogens with one attached hydrogen (secondary N) is 2. The zero-order valence-corrected chi connectivity index (χ0v) is 21.2. The van der Waals surface area contributed by atoms with Crippen LogP contribution in [0, 0.1) is 5.92 Å². The minimum Gasteiger partial charge on any atom is -0.379 e. The van der Waals surface area contributed by atoms with Gasteiger partial charge in [-0.05, 0) is 26.9 Å². The summed E-state index contributed by atoms with van der Waals surface area (Å²) in [7, 11) is 6.14. The third-order valence-corrected chi connectivity index (χ3v) is 5.26. The molecule has 0 radical (unpaired) electrons. The number of morpholine rings is 1. The molecule has 1 fully saturated rings. The van der Waals surface area contributed by atoms with Crippen molar-refractivity contribution < 1.29 is 4.74 Å². The number of rotatable bonds is 9. The minimum atomic E-state index is 0. The van der Waals surface area contributed by atoms with E-state index in [1.807, 2.05) is 17.9 Å². The van der Waals surface area contributed by atoms with Crippen LogP contribution in [0.4, 0.5) is 0 Å². The van der Waals surface area contributed by atoms with Crippen LogP contribution >= 0.6 is 24.0 Å². The number of guanidine groups is 1. The fourth-order valence-electron chi connectivity index (χ4n) is 3.59. The maximum Gasteiger partial charge on any atom is 0.191 e.